The molecule has 0 atom stereocenters. The first-order chi connectivity index (χ1) is 60.5. The van der Waals surface area contributed by atoms with E-state index in [-0.39, 0.29) is 90.6 Å². The van der Waals surface area contributed by atoms with Gasteiger partial charge in [-0.3, -0.25) is 0 Å². The summed E-state index contributed by atoms with van der Waals surface area (Å²) in [6.45, 7) is 31.9. The zero-order chi connectivity index (χ0) is 95.4. The zero-order valence-electron chi connectivity index (χ0n) is 66.2. The van der Waals surface area contributed by atoms with E-state index >= 15 is 140 Å². The first-order valence-electron chi connectivity index (χ1n) is 36.0. The van der Waals surface area contributed by atoms with Crippen molar-refractivity contribution in [3.8, 4) is 0 Å². The Morgan fingerprint density at radius 2 is 0.308 bits per heavy atom. The number of benzene rings is 10. The number of nitrogens with zero attached hydrogens (tertiary/aromatic N) is 2. The topological polar surface area (TPSA) is 7.76 Å². The van der Waals surface area contributed by atoms with Crippen molar-refractivity contribution in [3.05, 3.63) is 428 Å². The molecule has 38 heteroatoms. The number of hydrogen-bond acceptors (Lipinski definition) is 0. The van der Waals surface area contributed by atoms with Crippen molar-refractivity contribution < 1.29 is 192 Å². The number of aromatic nitrogens is 2. The summed E-state index contributed by atoms with van der Waals surface area (Å²) in [5.74, 6) is -95.0. The summed E-state index contributed by atoms with van der Waals surface area (Å²) in [4.78, 5) is 0. The molecular formula is C92H52B2ClF32N2Na. The van der Waals surface area contributed by atoms with E-state index in [4.69, 9.17) is 0 Å². The van der Waals surface area contributed by atoms with Gasteiger partial charge in [0, 0.05) is 35.4 Å². The summed E-state index contributed by atoms with van der Waals surface area (Å²) in [6, 6.07) is 29.1. The quantitative estimate of drug-likeness (QED) is 0.0277. The predicted molar refractivity (Wildman–Crippen MR) is 424 cm³/mol. The molecule has 0 aliphatic carbocycles. The Labute approximate surface area is 745 Å². The molecule has 0 fully saturated rings. The van der Waals surface area contributed by atoms with Crippen LogP contribution in [0.1, 0.15) is 66.8 Å². The summed E-state index contributed by atoms with van der Waals surface area (Å²) < 4.78 is 507. The molecule has 668 valence electrons. The van der Waals surface area contributed by atoms with Crippen molar-refractivity contribution in [1.82, 2.24) is 0 Å². The minimum absolute atomic E-state index is 0. The van der Waals surface area contributed by atoms with Crippen LogP contribution < -0.4 is 94.8 Å². The molecule has 0 bridgehead atoms. The molecule has 0 spiro atoms. The molecule has 2 aromatic heterocycles. The standard InChI is InChI=1S/2C32H12BF16.2C14H14N.ClH.Na/c2*1-5-9-17(34)25(42)13(26(43)18(9)35)33(14-27(44)19(36)10(6-2)20(37)28(14)45,15-29(46)21(38)11(7-3)22(39)30(15)47)16-31(48)23(40)12(8-4)24(41)32(16)49;2*1-2-13-6-8-14(9-7-13)12-15-10-4-3-5-11-15;;/h2*5-8H,1-4H2;2*2-11H,1,12H2;1H;/q2*-1;2*+1;;+1/p-1. The molecule has 0 saturated heterocycles. The second kappa shape index (κ2) is 42.1. The van der Waals surface area contributed by atoms with Crippen LogP contribution in [-0.4, -0.2) is 12.3 Å². The Kier molecular flexibility index (Phi) is 33.7. The smallest absolute Gasteiger partial charge is 1.00 e. The predicted octanol–water partition coefficient (Wildman–Crippen LogP) is 15.1. The third-order valence-corrected chi connectivity index (χ3v) is 20.5. The normalized spacial score (nSPS) is 11.0. The van der Waals surface area contributed by atoms with Crippen LogP contribution >= 0.6 is 0 Å². The van der Waals surface area contributed by atoms with E-state index in [1.165, 1.54) is 11.1 Å². The molecule has 10 aromatic carbocycles. The zero-order valence-corrected chi connectivity index (χ0v) is 68.9. The van der Waals surface area contributed by atoms with Gasteiger partial charge in [-0.2, -0.15) is 0 Å². The molecule has 12 aromatic rings. The van der Waals surface area contributed by atoms with Crippen LogP contribution in [0.4, 0.5) is 140 Å². The fraction of sp³-hybridized carbons (Fsp3) is 0.0217. The van der Waals surface area contributed by atoms with Crippen LogP contribution in [-0.2, 0) is 13.1 Å². The van der Waals surface area contributed by atoms with E-state index in [0.29, 0.717) is 0 Å². The van der Waals surface area contributed by atoms with Crippen molar-refractivity contribution in [2.75, 3.05) is 0 Å². The molecule has 0 unspecified atom stereocenters. The number of rotatable bonds is 22. The Morgan fingerprint density at radius 1 is 0.185 bits per heavy atom. The maximum absolute atomic E-state index is 16.1. The summed E-state index contributed by atoms with van der Waals surface area (Å²) >= 11 is 0. The first-order valence-corrected chi connectivity index (χ1v) is 36.0. The van der Waals surface area contributed by atoms with Crippen molar-refractivity contribution in [2.24, 2.45) is 0 Å². The monoisotopic (exact) mass is 1870 g/mol. The van der Waals surface area contributed by atoms with Gasteiger partial charge < -0.3 is 12.4 Å². The van der Waals surface area contributed by atoms with Gasteiger partial charge in [0.15, 0.2) is 131 Å². The average molecular weight is 1870 g/mol. The molecule has 0 saturated carbocycles. The number of pyridine rings is 2. The van der Waals surface area contributed by atoms with Crippen LogP contribution in [0.2, 0.25) is 0 Å². The fourth-order valence-corrected chi connectivity index (χ4v) is 14.6. The van der Waals surface area contributed by atoms with Crippen molar-refractivity contribution in [1.29, 1.82) is 0 Å². The maximum atomic E-state index is 16.1. The molecule has 12 rings (SSSR count). The van der Waals surface area contributed by atoms with E-state index < -0.39 is 287 Å². The molecule has 130 heavy (non-hydrogen) atoms. The first kappa shape index (κ1) is 104. The van der Waals surface area contributed by atoms with Crippen LogP contribution in [0.5, 0.6) is 0 Å². The Hall–Kier alpha value is -12.9. The summed E-state index contributed by atoms with van der Waals surface area (Å²) in [6.07, 6.45) is -1.25. The molecule has 0 amide bonds. The van der Waals surface area contributed by atoms with E-state index in [9.17, 15) is 0 Å². The molecule has 0 N–H and O–H groups in total. The van der Waals surface area contributed by atoms with E-state index in [1.807, 2.05) is 48.6 Å². The van der Waals surface area contributed by atoms with E-state index in [1.54, 1.807) is 0 Å². The summed E-state index contributed by atoms with van der Waals surface area (Å²) in [5, 5.41) is 0. The van der Waals surface area contributed by atoms with E-state index in [2.05, 4.69) is 148 Å². The van der Waals surface area contributed by atoms with Gasteiger partial charge in [-0.15, -0.1) is 43.7 Å². The Bertz CT molecular complexity index is 5390. The Balaban J connectivity index is 0.000000266. The molecule has 0 aliphatic rings. The average Bonchev–Trinajstić information content (AvgIpc) is 0.683. The van der Waals surface area contributed by atoms with Gasteiger partial charge >= 0.3 is 29.6 Å². The second-order valence-corrected chi connectivity index (χ2v) is 27.0. The second-order valence-electron chi connectivity index (χ2n) is 27.0. The van der Waals surface area contributed by atoms with Gasteiger partial charge in [0.2, 0.25) is 0 Å². The van der Waals surface area contributed by atoms with Crippen molar-refractivity contribution >= 4 is 117 Å². The minimum atomic E-state index is -6.71. The van der Waals surface area contributed by atoms with E-state index in [0.717, 1.165) is 24.2 Å². The third-order valence-electron chi connectivity index (χ3n) is 20.5. The van der Waals surface area contributed by atoms with Crippen LogP contribution in [0.25, 0.3) is 60.8 Å². The van der Waals surface area contributed by atoms with Gasteiger partial charge in [0.1, 0.15) is 105 Å². The maximum Gasteiger partial charge on any atom is 1.00 e. The fourth-order valence-electron chi connectivity index (χ4n) is 14.6. The van der Waals surface area contributed by atoms with Gasteiger partial charge in [0.25, 0.3) is 0 Å². The molecule has 2 heterocycles. The van der Waals surface area contributed by atoms with Crippen molar-refractivity contribution in [3.63, 3.8) is 0 Å². The van der Waals surface area contributed by atoms with Crippen LogP contribution in [0.15, 0.2) is 176 Å². The van der Waals surface area contributed by atoms with Gasteiger partial charge in [0.05, 0.1) is 44.5 Å². The number of hydrogen-bond donors (Lipinski definition) is 0. The van der Waals surface area contributed by atoms with Crippen molar-refractivity contribution in [2.45, 2.75) is 13.1 Å². The SMILES string of the molecule is C=Cc1c(F)c(F)c([B-](c2c(F)c(F)c(C=C)c(F)c2F)(c2c(F)c(F)c(C=C)c(F)c2F)c2c(F)c(F)c(C=C)c(F)c2F)c(F)c1F.C=Cc1c(F)c(F)c([B-](c2c(F)c(F)c(C=C)c(F)c2F)(c2c(F)c(F)c(C=C)c(F)c2F)c2c(F)c(F)c(C=C)c(F)c2F)c(F)c1F.C=Cc1ccc(C[n+]2ccccc2)cc1.C=Cc1ccc(C[n+]2ccccc2)cc1.[Cl-].[Na+]. The van der Waals surface area contributed by atoms with Gasteiger partial charge in [-0.1, -0.05) is 187 Å². The minimum Gasteiger partial charge on any atom is -1.00 e. The molecular weight excluding hydrogens is 1820 g/mol. The van der Waals surface area contributed by atoms with Crippen LogP contribution in [0.3, 0.4) is 0 Å². The summed E-state index contributed by atoms with van der Waals surface area (Å²) in [7, 11) is 0. The van der Waals surface area contributed by atoms with Gasteiger partial charge in [-0.05, 0) is 11.1 Å². The molecule has 0 aliphatic heterocycles. The van der Waals surface area contributed by atoms with Crippen LogP contribution in [0, 0.1) is 186 Å². The third kappa shape index (κ3) is 17.7. The largest absolute Gasteiger partial charge is 1.00 e. The summed E-state index contributed by atoms with van der Waals surface area (Å²) in [5.41, 5.74) is -34.4. The Morgan fingerprint density at radius 3 is 0.415 bits per heavy atom. The molecule has 2 nitrogen and oxygen atoms in total. The molecule has 0 radical (unpaired) electrons. The van der Waals surface area contributed by atoms with Gasteiger partial charge in [-0.25, -0.2) is 150 Å². The number of halogens is 33.